The minimum absolute atomic E-state index is 0.136. The highest BCUT2D eigenvalue weighted by Crippen LogP contribution is 2.19. The topological polar surface area (TPSA) is 23.5 Å². The molecule has 0 radical (unpaired) electrons. The van der Waals surface area contributed by atoms with Crippen molar-refractivity contribution in [1.82, 2.24) is 4.90 Å². The average Bonchev–Trinajstić information content (AvgIpc) is 2.08. The van der Waals surface area contributed by atoms with Gasteiger partial charge in [0, 0.05) is 18.6 Å². The van der Waals surface area contributed by atoms with Crippen LogP contribution >= 0.6 is 0 Å². The molecule has 0 amide bonds. The lowest BCUT2D eigenvalue weighted by molar-refractivity contribution is 0.0296. The molecule has 0 aromatic heterocycles. The maximum Gasteiger partial charge on any atom is 0.0668 e. The zero-order chi connectivity index (χ0) is 9.14. The van der Waals surface area contributed by atoms with Gasteiger partial charge in [-0.15, -0.1) is 6.58 Å². The number of rotatable bonds is 2. The predicted molar refractivity (Wildman–Crippen MR) is 51.1 cm³/mol. The quantitative estimate of drug-likeness (QED) is 0.632. The van der Waals surface area contributed by atoms with Gasteiger partial charge in [0.1, 0.15) is 0 Å². The fourth-order valence-electron chi connectivity index (χ4n) is 1.82. The third kappa shape index (κ3) is 2.08. The molecule has 0 saturated carbocycles. The van der Waals surface area contributed by atoms with Gasteiger partial charge >= 0.3 is 0 Å². The van der Waals surface area contributed by atoms with E-state index in [-0.39, 0.29) is 6.10 Å². The smallest absolute Gasteiger partial charge is 0.0668 e. The number of piperidine rings is 1. The van der Waals surface area contributed by atoms with Crippen molar-refractivity contribution in [3.05, 3.63) is 12.7 Å². The number of likely N-dealkylation sites (tertiary alicyclic amines) is 1. The second-order valence-electron chi connectivity index (χ2n) is 3.75. The monoisotopic (exact) mass is 169 g/mol. The molecule has 12 heavy (non-hydrogen) atoms. The summed E-state index contributed by atoms with van der Waals surface area (Å²) in [6.45, 7) is 8.91. The largest absolute Gasteiger partial charge is 0.392 e. The van der Waals surface area contributed by atoms with E-state index in [1.807, 2.05) is 6.08 Å². The number of hydrogen-bond acceptors (Lipinski definition) is 2. The second-order valence-corrected chi connectivity index (χ2v) is 3.75. The maximum atomic E-state index is 9.47. The number of nitrogens with zero attached hydrogens (tertiary/aromatic N) is 1. The first kappa shape index (κ1) is 9.75. The highest BCUT2D eigenvalue weighted by molar-refractivity contribution is 4.90. The average molecular weight is 169 g/mol. The Balaban J connectivity index is 2.53. The Labute approximate surface area is 74.9 Å². The van der Waals surface area contributed by atoms with Gasteiger partial charge in [-0.1, -0.05) is 6.08 Å². The van der Waals surface area contributed by atoms with Crippen LogP contribution in [0.4, 0.5) is 0 Å². The van der Waals surface area contributed by atoms with Gasteiger partial charge in [-0.2, -0.15) is 0 Å². The van der Waals surface area contributed by atoms with Gasteiger partial charge in [0.25, 0.3) is 0 Å². The molecule has 1 aliphatic rings. The van der Waals surface area contributed by atoms with Crippen LogP contribution in [0.3, 0.4) is 0 Å². The van der Waals surface area contributed by atoms with Crippen LogP contribution in [0.25, 0.3) is 0 Å². The predicted octanol–water partition coefficient (Wildman–Crippen LogP) is 1.41. The third-order valence-electron chi connectivity index (χ3n) is 2.77. The van der Waals surface area contributed by atoms with Crippen molar-refractivity contribution in [1.29, 1.82) is 0 Å². The van der Waals surface area contributed by atoms with Crippen LogP contribution < -0.4 is 0 Å². The molecule has 1 rings (SSSR count). The van der Waals surface area contributed by atoms with Gasteiger partial charge in [-0.05, 0) is 26.7 Å². The lowest BCUT2D eigenvalue weighted by atomic mass is 9.99. The van der Waals surface area contributed by atoms with Crippen molar-refractivity contribution in [3.8, 4) is 0 Å². The maximum absolute atomic E-state index is 9.47. The van der Waals surface area contributed by atoms with Crippen LogP contribution in [0, 0.1) is 0 Å². The van der Waals surface area contributed by atoms with Crippen LogP contribution in [0.5, 0.6) is 0 Å². The molecule has 3 atom stereocenters. The molecule has 2 nitrogen and oxygen atoms in total. The Bertz CT molecular complexity index is 158. The zero-order valence-corrected chi connectivity index (χ0v) is 8.03. The second kappa shape index (κ2) is 4.06. The van der Waals surface area contributed by atoms with Crippen LogP contribution in [0.2, 0.25) is 0 Å². The molecule has 0 aliphatic carbocycles. The summed E-state index contributed by atoms with van der Waals surface area (Å²) in [5.41, 5.74) is 0. The van der Waals surface area contributed by atoms with Gasteiger partial charge in [0.05, 0.1) is 6.10 Å². The molecular weight excluding hydrogens is 150 g/mol. The van der Waals surface area contributed by atoms with Crippen LogP contribution in [-0.2, 0) is 0 Å². The van der Waals surface area contributed by atoms with E-state index in [9.17, 15) is 5.11 Å². The number of aliphatic hydroxyl groups excluding tert-OH is 1. The Morgan fingerprint density at radius 1 is 1.58 bits per heavy atom. The lowest BCUT2D eigenvalue weighted by Gasteiger charge is -2.39. The number of β-amino-alcohol motifs (C(OH)–C–C–N with tert-alkyl or cyclic N) is 1. The fourth-order valence-corrected chi connectivity index (χ4v) is 1.82. The van der Waals surface area contributed by atoms with Crippen LogP contribution in [-0.4, -0.2) is 34.7 Å². The van der Waals surface area contributed by atoms with Gasteiger partial charge in [-0.3, -0.25) is 4.90 Å². The van der Waals surface area contributed by atoms with Gasteiger partial charge in [-0.25, -0.2) is 0 Å². The van der Waals surface area contributed by atoms with E-state index in [0.29, 0.717) is 12.1 Å². The number of aliphatic hydroxyl groups is 1. The molecule has 1 unspecified atom stereocenters. The Hall–Kier alpha value is -0.340. The molecular formula is C10H19NO. The lowest BCUT2D eigenvalue weighted by Crippen LogP contribution is -2.47. The zero-order valence-electron chi connectivity index (χ0n) is 8.03. The Morgan fingerprint density at radius 2 is 2.25 bits per heavy atom. The van der Waals surface area contributed by atoms with Gasteiger partial charge in [0.15, 0.2) is 0 Å². The first-order valence-corrected chi connectivity index (χ1v) is 4.71. The van der Waals surface area contributed by atoms with E-state index in [2.05, 4.69) is 25.3 Å². The van der Waals surface area contributed by atoms with E-state index in [4.69, 9.17) is 0 Å². The summed E-state index contributed by atoms with van der Waals surface area (Å²) < 4.78 is 0. The minimum atomic E-state index is -0.136. The van der Waals surface area contributed by atoms with E-state index < -0.39 is 0 Å². The summed E-state index contributed by atoms with van der Waals surface area (Å²) in [5, 5.41) is 9.47. The summed E-state index contributed by atoms with van der Waals surface area (Å²) >= 11 is 0. The molecule has 2 heteroatoms. The molecule has 1 heterocycles. The van der Waals surface area contributed by atoms with E-state index >= 15 is 0 Å². The fraction of sp³-hybridized carbons (Fsp3) is 0.800. The Kier molecular flexibility index (Phi) is 3.29. The normalized spacial score (nSPS) is 34.6. The van der Waals surface area contributed by atoms with Crippen LogP contribution in [0.1, 0.15) is 26.7 Å². The molecule has 1 fully saturated rings. The van der Waals surface area contributed by atoms with E-state index in [1.54, 1.807) is 0 Å². The Morgan fingerprint density at radius 3 is 2.83 bits per heavy atom. The van der Waals surface area contributed by atoms with Crippen molar-refractivity contribution >= 4 is 0 Å². The first-order chi connectivity index (χ1) is 5.65. The molecule has 1 N–H and O–H groups in total. The molecule has 0 aromatic rings. The molecule has 0 spiro atoms. The molecule has 0 bridgehead atoms. The van der Waals surface area contributed by atoms with E-state index in [0.717, 1.165) is 19.4 Å². The van der Waals surface area contributed by atoms with Crippen molar-refractivity contribution in [2.75, 3.05) is 6.54 Å². The van der Waals surface area contributed by atoms with Gasteiger partial charge in [0.2, 0.25) is 0 Å². The highest BCUT2D eigenvalue weighted by atomic mass is 16.3. The van der Waals surface area contributed by atoms with Crippen molar-refractivity contribution in [3.63, 3.8) is 0 Å². The first-order valence-electron chi connectivity index (χ1n) is 4.71. The number of hydrogen-bond donors (Lipinski definition) is 1. The minimum Gasteiger partial charge on any atom is -0.392 e. The summed E-state index contributed by atoms with van der Waals surface area (Å²) in [5.74, 6) is 0. The van der Waals surface area contributed by atoms with Crippen LogP contribution in [0.15, 0.2) is 12.7 Å². The summed E-state index contributed by atoms with van der Waals surface area (Å²) in [7, 11) is 0. The van der Waals surface area contributed by atoms with Crippen molar-refractivity contribution in [2.24, 2.45) is 0 Å². The van der Waals surface area contributed by atoms with Crippen molar-refractivity contribution < 1.29 is 5.11 Å². The molecule has 1 aliphatic heterocycles. The SMILES string of the molecule is C=CC(C)N1C[C@@H](O)CC[C@@H]1C. The molecule has 70 valence electrons. The molecule has 0 aromatic carbocycles. The summed E-state index contributed by atoms with van der Waals surface area (Å²) in [4.78, 5) is 2.31. The standard InChI is InChI=1S/C10H19NO/c1-4-8(2)11-7-10(12)6-5-9(11)3/h4,8-10,12H,1,5-7H2,2-3H3/t8?,9-,10-/m0/s1. The summed E-state index contributed by atoms with van der Waals surface area (Å²) in [6.07, 6.45) is 3.85. The van der Waals surface area contributed by atoms with E-state index in [1.165, 1.54) is 0 Å². The molecule has 1 saturated heterocycles. The van der Waals surface area contributed by atoms with Gasteiger partial charge < -0.3 is 5.11 Å². The summed E-state index contributed by atoms with van der Waals surface area (Å²) in [6, 6.07) is 0.969. The highest BCUT2D eigenvalue weighted by Gasteiger charge is 2.25. The van der Waals surface area contributed by atoms with Crippen molar-refractivity contribution in [2.45, 2.75) is 44.9 Å². The third-order valence-corrected chi connectivity index (χ3v) is 2.77.